The average Bonchev–Trinajstić information content (AvgIpc) is 2.92. The first-order valence-corrected chi connectivity index (χ1v) is 9.03. The van der Waals surface area contributed by atoms with E-state index in [1.165, 1.54) is 6.92 Å². The second-order valence-electron chi connectivity index (χ2n) is 6.91. The Kier molecular flexibility index (Phi) is 5.29. The van der Waals surface area contributed by atoms with Crippen LogP contribution >= 0.6 is 0 Å². The Morgan fingerprint density at radius 2 is 2.11 bits per heavy atom. The van der Waals surface area contributed by atoms with Crippen LogP contribution in [0.2, 0.25) is 0 Å². The Morgan fingerprint density at radius 3 is 2.75 bits per heavy atom. The number of halogens is 1. The Morgan fingerprint density at radius 1 is 1.39 bits per heavy atom. The summed E-state index contributed by atoms with van der Waals surface area (Å²) in [6, 6.07) is 0.613. The number of aromatic amines is 1. The number of anilines is 1. The van der Waals surface area contributed by atoms with E-state index in [1.807, 2.05) is 13.8 Å². The molecule has 0 aliphatic carbocycles. The van der Waals surface area contributed by atoms with Gasteiger partial charge in [0.05, 0.1) is 22.8 Å². The number of carbonyl (C=O) groups is 2. The number of piperidine rings is 1. The van der Waals surface area contributed by atoms with E-state index in [4.69, 9.17) is 16.2 Å². The van der Waals surface area contributed by atoms with Crippen LogP contribution < -0.4 is 16.4 Å². The highest BCUT2D eigenvalue weighted by atomic mass is 19.1. The molecule has 1 saturated heterocycles. The summed E-state index contributed by atoms with van der Waals surface area (Å²) in [4.78, 5) is 28.5. The van der Waals surface area contributed by atoms with Crippen molar-refractivity contribution < 1.29 is 18.7 Å². The van der Waals surface area contributed by atoms with Gasteiger partial charge in [0.1, 0.15) is 5.82 Å². The fourth-order valence-corrected chi connectivity index (χ4v) is 3.71. The van der Waals surface area contributed by atoms with Crippen molar-refractivity contribution >= 4 is 28.5 Å². The van der Waals surface area contributed by atoms with Crippen molar-refractivity contribution in [2.45, 2.75) is 45.9 Å². The van der Waals surface area contributed by atoms with E-state index in [0.717, 1.165) is 17.3 Å². The third-order valence-electron chi connectivity index (χ3n) is 5.12. The summed E-state index contributed by atoms with van der Waals surface area (Å²) in [5, 5.41) is 0.531. The van der Waals surface area contributed by atoms with Gasteiger partial charge in [0.2, 0.25) is 0 Å². The van der Waals surface area contributed by atoms with Crippen LogP contribution in [0.4, 0.5) is 10.1 Å². The van der Waals surface area contributed by atoms with Crippen molar-refractivity contribution in [3.8, 4) is 11.8 Å². The molecule has 2 aromatic rings. The molecule has 1 aromatic carbocycles. The van der Waals surface area contributed by atoms with Gasteiger partial charge in [-0.1, -0.05) is 5.92 Å². The van der Waals surface area contributed by atoms with E-state index in [0.29, 0.717) is 30.3 Å². The van der Waals surface area contributed by atoms with Gasteiger partial charge in [-0.25, -0.2) is 9.18 Å². The first kappa shape index (κ1) is 19.7. The maximum absolute atomic E-state index is 15.2. The third kappa shape index (κ3) is 3.29. The van der Waals surface area contributed by atoms with Gasteiger partial charge in [-0.15, -0.1) is 0 Å². The standard InChI is InChI=1S/C20H23FN4O3/c1-4-6-15(26)28-20-14(22)7-5-8-25(20)18-13(21)9-12(19(23)27)17-16(18)10(2)11(3)24-17/h9,14,20,24H,5,7-8,22H2,1-3H3,(H2,23,27)/t14-,20?/m0/s1. The number of carbonyl (C=O) groups excluding carboxylic acids is 2. The van der Waals surface area contributed by atoms with Gasteiger partial charge in [-0.05, 0) is 45.2 Å². The molecule has 0 saturated carbocycles. The lowest BCUT2D eigenvalue weighted by Crippen LogP contribution is -2.54. The Bertz CT molecular complexity index is 1020. The first-order valence-electron chi connectivity index (χ1n) is 9.03. The molecule has 28 heavy (non-hydrogen) atoms. The molecule has 1 aliphatic rings. The molecular weight excluding hydrogens is 363 g/mol. The van der Waals surface area contributed by atoms with Gasteiger partial charge in [-0.2, -0.15) is 0 Å². The molecule has 1 aliphatic heterocycles. The fourth-order valence-electron chi connectivity index (χ4n) is 3.71. The molecule has 1 unspecified atom stereocenters. The molecule has 1 aromatic heterocycles. The summed E-state index contributed by atoms with van der Waals surface area (Å²) < 4.78 is 20.7. The molecule has 1 fully saturated rings. The van der Waals surface area contributed by atoms with Crippen LogP contribution in [0.3, 0.4) is 0 Å². The van der Waals surface area contributed by atoms with E-state index in [9.17, 15) is 9.59 Å². The predicted molar refractivity (Wildman–Crippen MR) is 104 cm³/mol. The zero-order chi connectivity index (χ0) is 20.6. The number of benzene rings is 1. The number of hydrogen-bond acceptors (Lipinski definition) is 5. The number of nitrogens with zero attached hydrogens (tertiary/aromatic N) is 1. The topological polar surface area (TPSA) is 114 Å². The number of nitrogens with two attached hydrogens (primary N) is 2. The number of hydrogen-bond donors (Lipinski definition) is 3. The fraction of sp³-hybridized carbons (Fsp3) is 0.400. The van der Waals surface area contributed by atoms with Crippen LogP contribution in [0.15, 0.2) is 6.07 Å². The van der Waals surface area contributed by atoms with E-state index in [-0.39, 0.29) is 11.3 Å². The molecule has 8 heteroatoms. The number of aryl methyl sites for hydroxylation is 2. The van der Waals surface area contributed by atoms with Crippen LogP contribution in [-0.2, 0) is 9.53 Å². The molecule has 2 atom stereocenters. The minimum Gasteiger partial charge on any atom is -0.430 e. The first-order chi connectivity index (χ1) is 13.3. The van der Waals surface area contributed by atoms with Gasteiger partial charge in [0.15, 0.2) is 6.23 Å². The maximum atomic E-state index is 15.2. The molecule has 7 nitrogen and oxygen atoms in total. The van der Waals surface area contributed by atoms with Crippen LogP contribution in [-0.4, -0.2) is 35.7 Å². The molecule has 3 rings (SSSR count). The zero-order valence-electron chi connectivity index (χ0n) is 16.1. The van der Waals surface area contributed by atoms with E-state index in [1.54, 1.807) is 4.90 Å². The Hall–Kier alpha value is -3.05. The molecule has 2 heterocycles. The molecular formula is C20H23FN4O3. The normalized spacial score (nSPS) is 19.2. The number of fused-ring (bicyclic) bond motifs is 1. The molecule has 0 spiro atoms. The minimum atomic E-state index is -0.867. The van der Waals surface area contributed by atoms with Crippen molar-refractivity contribution in [2.75, 3.05) is 11.4 Å². The van der Waals surface area contributed by atoms with Crippen LogP contribution in [0.5, 0.6) is 0 Å². The predicted octanol–water partition coefficient (Wildman–Crippen LogP) is 1.84. The van der Waals surface area contributed by atoms with E-state index in [2.05, 4.69) is 16.8 Å². The van der Waals surface area contributed by atoms with Crippen molar-refractivity contribution in [3.05, 3.63) is 28.7 Å². The summed E-state index contributed by atoms with van der Waals surface area (Å²) in [5.41, 5.74) is 14.0. The van der Waals surface area contributed by atoms with Crippen LogP contribution in [0, 0.1) is 31.5 Å². The second-order valence-corrected chi connectivity index (χ2v) is 6.91. The van der Waals surface area contributed by atoms with Gasteiger partial charge >= 0.3 is 5.97 Å². The lowest BCUT2D eigenvalue weighted by Gasteiger charge is -2.40. The number of primary amides is 1. The van der Waals surface area contributed by atoms with Crippen LogP contribution in [0.25, 0.3) is 10.9 Å². The number of amides is 1. The lowest BCUT2D eigenvalue weighted by atomic mass is 9.99. The number of ether oxygens (including phenoxy) is 1. The minimum absolute atomic E-state index is 0.0687. The van der Waals surface area contributed by atoms with Crippen molar-refractivity contribution in [3.63, 3.8) is 0 Å². The van der Waals surface area contributed by atoms with Crippen molar-refractivity contribution in [2.24, 2.45) is 11.5 Å². The van der Waals surface area contributed by atoms with Crippen molar-refractivity contribution in [1.29, 1.82) is 0 Å². The summed E-state index contributed by atoms with van der Waals surface area (Å²) in [5.74, 6) is 2.73. The van der Waals surface area contributed by atoms with Crippen molar-refractivity contribution in [1.82, 2.24) is 4.98 Å². The second kappa shape index (κ2) is 7.52. The van der Waals surface area contributed by atoms with Crippen LogP contribution in [0.1, 0.15) is 41.4 Å². The summed E-state index contributed by atoms with van der Waals surface area (Å²) in [7, 11) is 0. The summed E-state index contributed by atoms with van der Waals surface area (Å²) in [6.07, 6.45) is 0.465. The number of nitrogens with one attached hydrogen (secondary N) is 1. The van der Waals surface area contributed by atoms with Gasteiger partial charge in [0, 0.05) is 23.5 Å². The van der Waals surface area contributed by atoms with E-state index < -0.39 is 30.0 Å². The highest BCUT2D eigenvalue weighted by molar-refractivity contribution is 6.10. The Balaban J connectivity index is 2.21. The van der Waals surface area contributed by atoms with Gasteiger partial charge in [-0.3, -0.25) is 4.79 Å². The highest BCUT2D eigenvalue weighted by Gasteiger charge is 2.35. The number of aromatic nitrogens is 1. The monoisotopic (exact) mass is 386 g/mol. The molecule has 1 amide bonds. The third-order valence-corrected chi connectivity index (χ3v) is 5.12. The molecule has 0 radical (unpaired) electrons. The zero-order valence-corrected chi connectivity index (χ0v) is 16.1. The Labute approximate surface area is 162 Å². The molecule has 148 valence electrons. The number of rotatable bonds is 3. The quantitative estimate of drug-likeness (QED) is 0.423. The summed E-state index contributed by atoms with van der Waals surface area (Å²) in [6.45, 7) is 5.63. The SMILES string of the molecule is CC#CC(=O)OC1[C@@H](N)CCCN1c1c(F)cc(C(N)=O)c2[nH]c(C)c(C)c12. The van der Waals surface area contributed by atoms with Gasteiger partial charge in [0.25, 0.3) is 5.91 Å². The summed E-state index contributed by atoms with van der Waals surface area (Å²) >= 11 is 0. The molecule has 0 bridgehead atoms. The molecule has 5 N–H and O–H groups in total. The number of esters is 1. The lowest BCUT2D eigenvalue weighted by molar-refractivity contribution is -0.143. The van der Waals surface area contributed by atoms with E-state index >= 15 is 4.39 Å². The van der Waals surface area contributed by atoms with Gasteiger partial charge < -0.3 is 26.1 Å². The number of H-pyrrole nitrogens is 1. The average molecular weight is 386 g/mol. The maximum Gasteiger partial charge on any atom is 0.386 e. The highest BCUT2D eigenvalue weighted by Crippen LogP contribution is 2.38. The largest absolute Gasteiger partial charge is 0.430 e. The smallest absolute Gasteiger partial charge is 0.386 e.